The van der Waals surface area contributed by atoms with Gasteiger partial charge >= 0.3 is 0 Å². The summed E-state index contributed by atoms with van der Waals surface area (Å²) in [7, 11) is 5.22. The first-order chi connectivity index (χ1) is 28.5. The van der Waals surface area contributed by atoms with Crippen molar-refractivity contribution >= 4 is 55.2 Å². The van der Waals surface area contributed by atoms with Gasteiger partial charge < -0.3 is 30.3 Å². The molecule has 0 bridgehead atoms. The molecule has 2 fully saturated rings. The number of hydrogen-bond acceptors (Lipinski definition) is 13. The van der Waals surface area contributed by atoms with Crippen LogP contribution in [0.25, 0.3) is 66.5 Å². The Morgan fingerprint density at radius 3 is 2.08 bits per heavy atom. The lowest BCUT2D eigenvalue weighted by Gasteiger charge is -2.47. The van der Waals surface area contributed by atoms with Gasteiger partial charge in [0.1, 0.15) is 11.3 Å². The molecule has 0 spiro atoms. The predicted molar refractivity (Wildman–Crippen MR) is 226 cm³/mol. The van der Waals surface area contributed by atoms with Gasteiger partial charge in [-0.05, 0) is 63.2 Å². The molecule has 8 heterocycles. The van der Waals surface area contributed by atoms with Gasteiger partial charge in [0.15, 0.2) is 22.9 Å². The van der Waals surface area contributed by atoms with Gasteiger partial charge in [0.05, 0.1) is 53.0 Å². The van der Waals surface area contributed by atoms with Crippen LogP contribution in [0.1, 0.15) is 19.4 Å². The molecule has 59 heavy (non-hydrogen) atoms. The summed E-state index contributed by atoms with van der Waals surface area (Å²) in [5.74, 6) is 0.423. The number of rotatable bonds is 6. The highest BCUT2D eigenvalue weighted by atomic mass is 19.1. The normalized spacial score (nSPS) is 20.1. The van der Waals surface area contributed by atoms with E-state index in [0.717, 1.165) is 59.2 Å². The van der Waals surface area contributed by atoms with E-state index in [1.165, 1.54) is 6.07 Å². The van der Waals surface area contributed by atoms with Crippen LogP contribution in [-0.4, -0.2) is 107 Å². The Hall–Kier alpha value is -6.52. The molecule has 2 aliphatic rings. The van der Waals surface area contributed by atoms with Crippen molar-refractivity contribution in [3.63, 3.8) is 0 Å². The Kier molecular flexibility index (Phi) is 8.79. The van der Waals surface area contributed by atoms with E-state index in [2.05, 4.69) is 50.5 Å². The third kappa shape index (κ3) is 6.57. The van der Waals surface area contributed by atoms with E-state index < -0.39 is 0 Å². The van der Waals surface area contributed by atoms with E-state index in [-0.39, 0.29) is 35.7 Å². The summed E-state index contributed by atoms with van der Waals surface area (Å²) in [6.45, 7) is 9.42. The SMILES string of the molecule is COc1nc(-c2cc3cn(C)nc3c(C)c2O)nc2ncc(N3CC(C4CN(c5cnc6nc(-c7cc(F)c8nn(C)cc8c7)ccc6c5)C[C@@H](C)N4)N[C@H](C)C3)cc12. The van der Waals surface area contributed by atoms with Crippen LogP contribution in [0.3, 0.4) is 0 Å². The fraction of sp³-hybridized carbons (Fsp3) is 0.326. The highest BCUT2D eigenvalue weighted by Gasteiger charge is 2.35. The number of phenolic OH excluding ortho intramolecular Hbond substituents is 1. The van der Waals surface area contributed by atoms with Crippen molar-refractivity contribution in [1.29, 1.82) is 0 Å². The Bertz CT molecular complexity index is 2950. The number of piperazine rings is 2. The second kappa shape index (κ2) is 14.1. The predicted octanol–water partition coefficient (Wildman–Crippen LogP) is 5.27. The summed E-state index contributed by atoms with van der Waals surface area (Å²) in [6.07, 6.45) is 7.46. The number of hydrogen-bond donors (Lipinski definition) is 3. The number of pyridine rings is 3. The molecule has 2 unspecified atom stereocenters. The monoisotopic (exact) mass is 793 g/mol. The highest BCUT2D eigenvalue weighted by molar-refractivity contribution is 5.92. The standard InChI is InChI=1S/C43H44FN13O2/c1-22-16-56(29-10-25-7-8-34(49-40(25)45-14-29)26-9-27-18-55(5)53-38(27)33(44)12-26)20-35(47-22)36-21-57(17-23(2)48-36)30-13-32-41(46-15-30)50-42(51-43(32)59-6)31-11-28-19-54(4)52-37(28)24(3)39(31)58/h7-15,18-19,22-23,35-36,47-48,58H,16-17,20-21H2,1-6H3/t22-,23-,35?,36?/m1/s1. The van der Waals surface area contributed by atoms with E-state index in [1.807, 2.05) is 62.9 Å². The van der Waals surface area contributed by atoms with Gasteiger partial charge in [-0.15, -0.1) is 0 Å². The summed E-state index contributed by atoms with van der Waals surface area (Å²) in [6, 6.07) is 14.1. The summed E-state index contributed by atoms with van der Waals surface area (Å²) in [5.41, 5.74) is 6.65. The maximum atomic E-state index is 14.9. The van der Waals surface area contributed by atoms with Crippen molar-refractivity contribution in [1.82, 2.24) is 55.1 Å². The average molecular weight is 794 g/mol. The number of ether oxygens (including phenoxy) is 1. The molecule has 0 amide bonds. The molecule has 2 aromatic carbocycles. The largest absolute Gasteiger partial charge is 0.507 e. The Morgan fingerprint density at radius 2 is 1.39 bits per heavy atom. The fourth-order valence-corrected chi connectivity index (χ4v) is 8.86. The number of aryl methyl sites for hydroxylation is 3. The molecule has 15 nitrogen and oxygen atoms in total. The first-order valence-corrected chi connectivity index (χ1v) is 19.8. The van der Waals surface area contributed by atoms with Gasteiger partial charge in [-0.2, -0.15) is 15.2 Å². The Morgan fingerprint density at radius 1 is 0.746 bits per heavy atom. The Labute approximate surface area is 338 Å². The zero-order valence-electron chi connectivity index (χ0n) is 33.6. The number of fused-ring (bicyclic) bond motifs is 4. The van der Waals surface area contributed by atoms with E-state index in [1.54, 1.807) is 29.7 Å². The average Bonchev–Trinajstić information content (AvgIpc) is 3.81. The number of halogens is 1. The number of methoxy groups -OCH3 is 1. The molecular weight excluding hydrogens is 750 g/mol. The molecule has 300 valence electrons. The van der Waals surface area contributed by atoms with Crippen LogP contribution in [0.5, 0.6) is 11.6 Å². The molecule has 16 heteroatoms. The molecule has 0 saturated carbocycles. The summed E-state index contributed by atoms with van der Waals surface area (Å²) < 4.78 is 24.0. The van der Waals surface area contributed by atoms with Crippen LogP contribution in [0.2, 0.25) is 0 Å². The van der Waals surface area contributed by atoms with Crippen LogP contribution in [-0.2, 0) is 14.1 Å². The van der Waals surface area contributed by atoms with Crippen LogP contribution >= 0.6 is 0 Å². The van der Waals surface area contributed by atoms with Crippen molar-refractivity contribution in [3.05, 3.63) is 78.6 Å². The molecule has 2 aliphatic heterocycles. The number of nitrogens with one attached hydrogen (secondary N) is 2. The zero-order valence-corrected chi connectivity index (χ0v) is 33.6. The van der Waals surface area contributed by atoms with E-state index >= 15 is 0 Å². The van der Waals surface area contributed by atoms with Gasteiger partial charge in [-0.25, -0.2) is 24.3 Å². The maximum absolute atomic E-state index is 14.9. The number of aromatic hydroxyl groups is 1. The molecular formula is C43H44FN13O2. The number of anilines is 2. The van der Waals surface area contributed by atoms with Gasteiger partial charge in [-0.1, -0.05) is 0 Å². The van der Waals surface area contributed by atoms with Crippen molar-refractivity contribution in [3.8, 4) is 34.3 Å². The smallest absolute Gasteiger partial charge is 0.226 e. The minimum Gasteiger partial charge on any atom is -0.507 e. The van der Waals surface area contributed by atoms with E-state index in [9.17, 15) is 9.50 Å². The number of benzene rings is 2. The molecule has 6 aromatic heterocycles. The van der Waals surface area contributed by atoms with Gasteiger partial charge in [-0.3, -0.25) is 9.36 Å². The molecule has 0 aliphatic carbocycles. The molecule has 0 radical (unpaired) electrons. The topological polar surface area (TPSA) is 160 Å². The molecule has 8 aromatic rings. The molecule has 10 rings (SSSR count). The number of nitrogens with zero attached hydrogens (tertiary/aromatic N) is 11. The minimum atomic E-state index is -0.373. The third-order valence-electron chi connectivity index (χ3n) is 11.6. The lowest BCUT2D eigenvalue weighted by Crippen LogP contribution is -2.68. The molecule has 2 saturated heterocycles. The Balaban J connectivity index is 0.889. The third-order valence-corrected chi connectivity index (χ3v) is 11.6. The van der Waals surface area contributed by atoms with Crippen molar-refractivity contribution in [2.24, 2.45) is 14.1 Å². The van der Waals surface area contributed by atoms with Crippen LogP contribution < -0.4 is 25.2 Å². The first-order valence-electron chi connectivity index (χ1n) is 19.8. The van der Waals surface area contributed by atoms with Crippen molar-refractivity contribution in [2.45, 2.75) is 44.9 Å². The summed E-state index contributed by atoms with van der Waals surface area (Å²) in [5, 5.41) is 30.8. The minimum absolute atomic E-state index is 0.0802. The van der Waals surface area contributed by atoms with Crippen molar-refractivity contribution < 1.29 is 14.2 Å². The second-order valence-corrected chi connectivity index (χ2v) is 16.1. The first kappa shape index (κ1) is 36.8. The van der Waals surface area contributed by atoms with E-state index in [4.69, 9.17) is 29.7 Å². The maximum Gasteiger partial charge on any atom is 0.226 e. The van der Waals surface area contributed by atoms with E-state index in [0.29, 0.717) is 56.3 Å². The number of aromatic nitrogens is 9. The molecule has 3 N–H and O–H groups in total. The second-order valence-electron chi connectivity index (χ2n) is 16.1. The summed E-state index contributed by atoms with van der Waals surface area (Å²) in [4.78, 5) is 28.7. The lowest BCUT2D eigenvalue weighted by molar-refractivity contribution is 0.272. The van der Waals surface area contributed by atoms with Crippen molar-refractivity contribution in [2.75, 3.05) is 43.1 Å². The van der Waals surface area contributed by atoms with Gasteiger partial charge in [0.2, 0.25) is 5.88 Å². The van der Waals surface area contributed by atoms with Crippen LogP contribution in [0.4, 0.5) is 15.8 Å². The zero-order chi connectivity index (χ0) is 40.7. The van der Waals surface area contributed by atoms with Crippen LogP contribution in [0, 0.1) is 12.7 Å². The fourth-order valence-electron chi connectivity index (χ4n) is 8.86. The lowest BCUT2D eigenvalue weighted by atomic mass is 9.98. The number of phenols is 1. The van der Waals surface area contributed by atoms with Crippen LogP contribution in [0.15, 0.2) is 67.3 Å². The summed E-state index contributed by atoms with van der Waals surface area (Å²) >= 11 is 0. The van der Waals surface area contributed by atoms with Gasteiger partial charge in [0.25, 0.3) is 0 Å². The van der Waals surface area contributed by atoms with Gasteiger partial charge in [0, 0.05) is 104 Å². The highest BCUT2D eigenvalue weighted by Crippen LogP contribution is 2.38. The molecule has 4 atom stereocenters. The quantitative estimate of drug-likeness (QED) is 0.200.